The Kier molecular flexibility index (Phi) is 5.22. The van der Waals surface area contributed by atoms with Crippen LogP contribution in [0.4, 0.5) is 4.79 Å². The first kappa shape index (κ1) is 15.1. The molecule has 0 radical (unpaired) electrons. The Morgan fingerprint density at radius 3 is 2.56 bits per heavy atom. The van der Waals surface area contributed by atoms with Crippen LogP contribution in [0.3, 0.4) is 0 Å². The van der Waals surface area contributed by atoms with Crippen LogP contribution in [0.2, 0.25) is 0 Å². The highest BCUT2D eigenvalue weighted by atomic mass is 16.6. The number of carbonyl (C=O) groups excluding carboxylic acids is 1. The molecule has 0 bridgehead atoms. The number of hydrogen-bond acceptors (Lipinski definition) is 4. The lowest BCUT2D eigenvalue weighted by atomic mass is 9.86. The van der Waals surface area contributed by atoms with Gasteiger partial charge in [-0.05, 0) is 40.0 Å². The second-order valence-electron chi connectivity index (χ2n) is 5.56. The molecule has 1 aliphatic heterocycles. The Balaban J connectivity index is 2.54. The van der Waals surface area contributed by atoms with Gasteiger partial charge >= 0.3 is 13.2 Å². The fourth-order valence-electron chi connectivity index (χ4n) is 1.90. The lowest BCUT2D eigenvalue weighted by molar-refractivity contribution is 0.0258. The highest BCUT2D eigenvalue weighted by molar-refractivity contribution is 6.47. The molecule has 0 aromatic heterocycles. The van der Waals surface area contributed by atoms with E-state index in [-0.39, 0.29) is 6.09 Å². The summed E-state index contributed by atoms with van der Waals surface area (Å²) in [6, 6.07) is 0. The Morgan fingerprint density at radius 2 is 2.00 bits per heavy atom. The van der Waals surface area contributed by atoms with Crippen molar-refractivity contribution in [1.29, 1.82) is 0 Å². The SMILES string of the molecule is CC(C)(C)OC(=O)N1CCC/C(=C\B(O)O)CC1. The van der Waals surface area contributed by atoms with E-state index in [0.717, 1.165) is 18.4 Å². The third kappa shape index (κ3) is 5.55. The summed E-state index contributed by atoms with van der Waals surface area (Å²) in [5.41, 5.74) is 0.500. The molecule has 0 saturated carbocycles. The first-order valence-electron chi connectivity index (χ1n) is 6.31. The van der Waals surface area contributed by atoms with Crippen LogP contribution in [0.15, 0.2) is 11.5 Å². The molecule has 2 N–H and O–H groups in total. The summed E-state index contributed by atoms with van der Waals surface area (Å²) in [5.74, 6) is 1.44. The average molecular weight is 255 g/mol. The van der Waals surface area contributed by atoms with Crippen molar-refractivity contribution >= 4 is 13.2 Å². The van der Waals surface area contributed by atoms with Crippen LogP contribution in [0, 0.1) is 0 Å². The van der Waals surface area contributed by atoms with E-state index in [2.05, 4.69) is 0 Å². The van der Waals surface area contributed by atoms with Crippen molar-refractivity contribution < 1.29 is 19.6 Å². The fourth-order valence-corrected chi connectivity index (χ4v) is 1.90. The second-order valence-corrected chi connectivity index (χ2v) is 5.56. The molecule has 0 unspecified atom stereocenters. The van der Waals surface area contributed by atoms with Gasteiger partial charge in [0.05, 0.1) is 0 Å². The van der Waals surface area contributed by atoms with Gasteiger partial charge in [-0.2, -0.15) is 0 Å². The van der Waals surface area contributed by atoms with Gasteiger partial charge in [0.2, 0.25) is 0 Å². The summed E-state index contributed by atoms with van der Waals surface area (Å²) in [4.78, 5) is 13.6. The van der Waals surface area contributed by atoms with Gasteiger partial charge in [0.1, 0.15) is 5.60 Å². The minimum atomic E-state index is -1.41. The molecule has 1 aliphatic rings. The molecule has 18 heavy (non-hydrogen) atoms. The van der Waals surface area contributed by atoms with E-state index in [4.69, 9.17) is 14.8 Å². The monoisotopic (exact) mass is 255 g/mol. The molecule has 0 atom stereocenters. The zero-order chi connectivity index (χ0) is 13.8. The van der Waals surface area contributed by atoms with Crippen LogP contribution >= 0.6 is 0 Å². The van der Waals surface area contributed by atoms with Gasteiger partial charge in [-0.3, -0.25) is 0 Å². The van der Waals surface area contributed by atoms with E-state index in [1.807, 2.05) is 20.8 Å². The van der Waals surface area contributed by atoms with E-state index >= 15 is 0 Å². The van der Waals surface area contributed by atoms with Crippen LogP contribution < -0.4 is 0 Å². The predicted octanol–water partition coefficient (Wildman–Crippen LogP) is 1.35. The van der Waals surface area contributed by atoms with Crippen molar-refractivity contribution in [2.75, 3.05) is 13.1 Å². The minimum absolute atomic E-state index is 0.298. The molecule has 0 aromatic rings. The van der Waals surface area contributed by atoms with Gasteiger partial charge in [0.25, 0.3) is 0 Å². The Morgan fingerprint density at radius 1 is 1.33 bits per heavy atom. The topological polar surface area (TPSA) is 70.0 Å². The summed E-state index contributed by atoms with van der Waals surface area (Å²) in [6.45, 7) is 6.74. The van der Waals surface area contributed by atoms with Crippen molar-refractivity contribution in [3.8, 4) is 0 Å². The van der Waals surface area contributed by atoms with E-state index in [0.29, 0.717) is 19.5 Å². The number of ether oxygens (including phenoxy) is 1. The number of amides is 1. The zero-order valence-corrected chi connectivity index (χ0v) is 11.3. The third-order valence-corrected chi connectivity index (χ3v) is 2.67. The number of rotatable bonds is 1. The summed E-state index contributed by atoms with van der Waals surface area (Å²) in [7, 11) is -1.41. The Bertz CT molecular complexity index is 323. The summed E-state index contributed by atoms with van der Waals surface area (Å²) in [6.07, 6.45) is 1.97. The predicted molar refractivity (Wildman–Crippen MR) is 69.9 cm³/mol. The van der Waals surface area contributed by atoms with E-state index in [9.17, 15) is 4.79 Å². The molecule has 0 aliphatic carbocycles. The quantitative estimate of drug-likeness (QED) is 0.694. The van der Waals surface area contributed by atoms with Gasteiger partial charge in [0.15, 0.2) is 0 Å². The van der Waals surface area contributed by atoms with Crippen molar-refractivity contribution in [3.05, 3.63) is 11.5 Å². The first-order chi connectivity index (χ1) is 8.28. The molecule has 6 heteroatoms. The van der Waals surface area contributed by atoms with Gasteiger partial charge in [-0.25, -0.2) is 4.79 Å². The molecule has 102 valence electrons. The highest BCUT2D eigenvalue weighted by Gasteiger charge is 2.23. The van der Waals surface area contributed by atoms with E-state index in [1.54, 1.807) is 4.90 Å². The fraction of sp³-hybridized carbons (Fsp3) is 0.750. The molecule has 1 rings (SSSR count). The zero-order valence-electron chi connectivity index (χ0n) is 11.3. The minimum Gasteiger partial charge on any atom is -0.444 e. The van der Waals surface area contributed by atoms with Crippen molar-refractivity contribution in [2.45, 2.75) is 45.6 Å². The van der Waals surface area contributed by atoms with Crippen LogP contribution in [0.1, 0.15) is 40.0 Å². The maximum Gasteiger partial charge on any atom is 0.480 e. The molecule has 1 saturated heterocycles. The summed E-state index contributed by atoms with van der Waals surface area (Å²) in [5, 5.41) is 17.8. The summed E-state index contributed by atoms with van der Waals surface area (Å²) >= 11 is 0. The van der Waals surface area contributed by atoms with Crippen molar-refractivity contribution in [2.24, 2.45) is 0 Å². The highest BCUT2D eigenvalue weighted by Crippen LogP contribution is 2.18. The molecule has 1 heterocycles. The Labute approximate surface area is 109 Å². The average Bonchev–Trinajstić information content (AvgIpc) is 2.39. The second kappa shape index (κ2) is 6.25. The molecular formula is C12H22BNO4. The summed E-state index contributed by atoms with van der Waals surface area (Å²) < 4.78 is 5.32. The van der Waals surface area contributed by atoms with Gasteiger partial charge < -0.3 is 19.7 Å². The van der Waals surface area contributed by atoms with Crippen LogP contribution in [-0.2, 0) is 4.74 Å². The molecular weight excluding hydrogens is 233 g/mol. The molecule has 0 spiro atoms. The van der Waals surface area contributed by atoms with Crippen LogP contribution in [0.25, 0.3) is 0 Å². The molecule has 1 fully saturated rings. The van der Waals surface area contributed by atoms with Crippen molar-refractivity contribution in [1.82, 2.24) is 4.90 Å². The maximum atomic E-state index is 11.9. The third-order valence-electron chi connectivity index (χ3n) is 2.67. The normalized spacial score (nSPS) is 19.6. The van der Waals surface area contributed by atoms with E-state index < -0.39 is 12.7 Å². The molecule has 5 nitrogen and oxygen atoms in total. The molecule has 0 aromatic carbocycles. The molecule has 1 amide bonds. The van der Waals surface area contributed by atoms with Crippen LogP contribution in [0.5, 0.6) is 0 Å². The van der Waals surface area contributed by atoms with E-state index in [1.165, 1.54) is 5.98 Å². The number of likely N-dealkylation sites (tertiary alicyclic amines) is 1. The van der Waals surface area contributed by atoms with Gasteiger partial charge in [0, 0.05) is 13.1 Å². The van der Waals surface area contributed by atoms with Gasteiger partial charge in [-0.1, -0.05) is 11.5 Å². The van der Waals surface area contributed by atoms with Crippen LogP contribution in [-0.4, -0.2) is 46.9 Å². The Hall–Kier alpha value is -1.01. The lowest BCUT2D eigenvalue weighted by Crippen LogP contribution is -2.37. The maximum absolute atomic E-state index is 11.9. The largest absolute Gasteiger partial charge is 0.480 e. The van der Waals surface area contributed by atoms with Gasteiger partial charge in [-0.15, -0.1) is 0 Å². The first-order valence-corrected chi connectivity index (χ1v) is 6.31. The standard InChI is InChI=1S/C12H22BNO4/c1-12(2,3)18-11(15)14-7-4-5-10(6-8-14)9-13(16)17/h9,16-17H,4-8H2,1-3H3/b10-9+. The lowest BCUT2D eigenvalue weighted by Gasteiger charge is -2.26. The number of nitrogens with zero attached hydrogens (tertiary/aromatic N) is 1. The smallest absolute Gasteiger partial charge is 0.444 e. The van der Waals surface area contributed by atoms with Crippen molar-refractivity contribution in [3.63, 3.8) is 0 Å². The number of carbonyl (C=O) groups is 1. The number of hydrogen-bond donors (Lipinski definition) is 2.